The molecule has 3 radical (unpaired) electrons. The normalized spacial score (nSPS) is 28.4. The van der Waals surface area contributed by atoms with Crippen molar-refractivity contribution < 1.29 is 0 Å². The second-order valence-electron chi connectivity index (χ2n) is 22.0. The molecule has 0 aliphatic heterocycles. The topological polar surface area (TPSA) is 0 Å². The fourth-order valence-corrected chi connectivity index (χ4v) is 29.1. The Balaban J connectivity index is 0.000000145. The molecule has 0 unspecified atom stereocenters. The third kappa shape index (κ3) is 15.7. The number of hydrogen-bond acceptors (Lipinski definition) is 0. The van der Waals surface area contributed by atoms with Crippen molar-refractivity contribution >= 4 is 49.6 Å². The van der Waals surface area contributed by atoms with Gasteiger partial charge in [-0.3, -0.25) is 0 Å². The third-order valence-electron chi connectivity index (χ3n) is 18.0. The van der Waals surface area contributed by atoms with E-state index in [-0.39, 0.29) is 25.8 Å². The monoisotopic (exact) mass is 956 g/mol. The van der Waals surface area contributed by atoms with Gasteiger partial charge in [0.05, 0.1) is 0 Å². The SMILES string of the molecule is C1CCC(P(C2CCCCC2)C2CCCCC2)CC1.C1CCC(P(C2CCCCC2)C2CCCCC2)CC1.C1CCC(P(C2CCCCC2)C2CCCCC2)CC1.[In]. The maximum atomic E-state index is 1.61. The van der Waals surface area contributed by atoms with Gasteiger partial charge in [0.2, 0.25) is 0 Å². The summed E-state index contributed by atoms with van der Waals surface area (Å²) >= 11 is 0. The van der Waals surface area contributed by atoms with E-state index in [9.17, 15) is 0 Å². The zero-order chi connectivity index (χ0) is 38.7. The molecular formula is C54H99InP3. The number of rotatable bonds is 9. The average Bonchev–Trinajstić information content (AvgIpc) is 3.30. The summed E-state index contributed by atoms with van der Waals surface area (Å²) in [6.45, 7) is 0. The Bertz CT molecular complexity index is 741. The van der Waals surface area contributed by atoms with Crippen LogP contribution in [0.5, 0.6) is 0 Å². The van der Waals surface area contributed by atoms with Crippen molar-refractivity contribution in [2.75, 3.05) is 0 Å². The molecule has 0 saturated heterocycles. The predicted molar refractivity (Wildman–Crippen MR) is 268 cm³/mol. The van der Waals surface area contributed by atoms with Gasteiger partial charge in [-0.2, -0.15) is 0 Å². The molecule has 0 aromatic rings. The summed E-state index contributed by atoms with van der Waals surface area (Å²) in [6.07, 6.45) is 70.9. The van der Waals surface area contributed by atoms with Crippen LogP contribution in [0.4, 0.5) is 0 Å². The van der Waals surface area contributed by atoms with E-state index >= 15 is 0 Å². The Kier molecular flexibility index (Phi) is 24.7. The van der Waals surface area contributed by atoms with Crippen LogP contribution in [0.1, 0.15) is 289 Å². The minimum atomic E-state index is 0. The minimum absolute atomic E-state index is 0. The van der Waals surface area contributed by atoms with Crippen molar-refractivity contribution in [3.63, 3.8) is 0 Å². The smallest absolute Gasteiger partial charge is 0 e. The molecule has 9 fully saturated rings. The molecule has 4 heteroatoms. The van der Waals surface area contributed by atoms with E-state index in [1.165, 1.54) is 109 Å². The summed E-state index contributed by atoms with van der Waals surface area (Å²) in [5.74, 6) is 0. The van der Waals surface area contributed by atoms with Gasteiger partial charge in [-0.05, 0) is 167 Å². The Morgan fingerprint density at radius 3 is 0.310 bits per heavy atom. The molecule has 58 heavy (non-hydrogen) atoms. The fourth-order valence-electron chi connectivity index (χ4n) is 15.1. The molecular weight excluding hydrogens is 856 g/mol. The summed E-state index contributed by atoms with van der Waals surface area (Å²) in [6, 6.07) is 0. The van der Waals surface area contributed by atoms with Gasteiger partial charge in [0.1, 0.15) is 0 Å². The first kappa shape index (κ1) is 49.6. The van der Waals surface area contributed by atoms with Crippen molar-refractivity contribution in [3.05, 3.63) is 0 Å². The van der Waals surface area contributed by atoms with Crippen molar-refractivity contribution in [1.82, 2.24) is 0 Å². The van der Waals surface area contributed by atoms with Crippen LogP contribution in [-0.4, -0.2) is 76.8 Å². The first-order chi connectivity index (χ1) is 28.3. The molecule has 0 aromatic carbocycles. The van der Waals surface area contributed by atoms with Crippen LogP contribution < -0.4 is 0 Å². The summed E-state index contributed by atoms with van der Waals surface area (Å²) < 4.78 is 0. The van der Waals surface area contributed by atoms with Crippen LogP contribution in [-0.2, 0) is 0 Å². The zero-order valence-electron chi connectivity index (χ0n) is 38.9. The van der Waals surface area contributed by atoms with Crippen molar-refractivity contribution in [1.29, 1.82) is 0 Å². The van der Waals surface area contributed by atoms with Gasteiger partial charge in [0.25, 0.3) is 0 Å². The second-order valence-corrected chi connectivity index (χ2v) is 31.2. The molecule has 9 aliphatic rings. The van der Waals surface area contributed by atoms with Gasteiger partial charge in [0.15, 0.2) is 0 Å². The molecule has 9 rings (SSSR count). The molecule has 0 atom stereocenters. The molecule has 9 aliphatic carbocycles. The Labute approximate surface area is 386 Å². The molecule has 0 aromatic heterocycles. The summed E-state index contributed by atoms with van der Waals surface area (Å²) in [5.41, 5.74) is 10.7. The summed E-state index contributed by atoms with van der Waals surface area (Å²) in [7, 11) is 1.15. The van der Waals surface area contributed by atoms with Crippen LogP contribution in [0.3, 0.4) is 0 Å². The summed E-state index contributed by atoms with van der Waals surface area (Å²) in [4.78, 5) is 0. The van der Waals surface area contributed by atoms with Gasteiger partial charge in [-0.25, -0.2) is 0 Å². The second kappa shape index (κ2) is 28.9. The van der Waals surface area contributed by atoms with E-state index in [0.29, 0.717) is 23.8 Å². The molecule has 0 nitrogen and oxygen atoms in total. The van der Waals surface area contributed by atoms with Gasteiger partial charge in [-0.15, -0.1) is 0 Å². The number of hydrogen-bond donors (Lipinski definition) is 0. The van der Waals surface area contributed by atoms with Gasteiger partial charge in [0, 0.05) is 25.8 Å². The van der Waals surface area contributed by atoms with E-state index in [4.69, 9.17) is 0 Å². The van der Waals surface area contributed by atoms with Crippen LogP contribution in [0.25, 0.3) is 0 Å². The van der Waals surface area contributed by atoms with E-state index in [1.54, 1.807) is 231 Å². The standard InChI is InChI=1S/3C18H33P.In/c3*1-4-10-16(11-5-1)19(17-12-6-2-7-13-17)18-14-8-3-9-15-18;/h3*16-18H,1-15H2;. The maximum Gasteiger partial charge on any atom is 0 e. The third-order valence-corrected chi connectivity index (χ3v) is 30.2. The van der Waals surface area contributed by atoms with E-state index in [2.05, 4.69) is 0 Å². The quantitative estimate of drug-likeness (QED) is 0.202. The first-order valence-electron chi connectivity index (χ1n) is 27.7. The molecule has 0 spiro atoms. The molecule has 9 saturated carbocycles. The van der Waals surface area contributed by atoms with E-state index in [1.807, 2.05) is 0 Å². The zero-order valence-corrected chi connectivity index (χ0v) is 44.9. The van der Waals surface area contributed by atoms with Crippen molar-refractivity contribution in [3.8, 4) is 0 Å². The predicted octanol–water partition coefficient (Wildman–Crippen LogP) is 19.0. The molecule has 0 amide bonds. The average molecular weight is 956 g/mol. The van der Waals surface area contributed by atoms with Crippen molar-refractivity contribution in [2.45, 2.75) is 340 Å². The molecule has 0 bridgehead atoms. The van der Waals surface area contributed by atoms with Crippen LogP contribution >= 0.6 is 23.8 Å². The van der Waals surface area contributed by atoms with Gasteiger partial charge < -0.3 is 0 Å². The largest absolute Gasteiger partial charge is 0.0971 e. The molecule has 0 N–H and O–H groups in total. The minimum Gasteiger partial charge on any atom is -0.0971 e. The maximum absolute atomic E-state index is 1.61. The van der Waals surface area contributed by atoms with E-state index < -0.39 is 0 Å². The van der Waals surface area contributed by atoms with Crippen molar-refractivity contribution in [2.24, 2.45) is 0 Å². The molecule has 333 valence electrons. The first-order valence-corrected chi connectivity index (χ1v) is 32.3. The Morgan fingerprint density at radius 2 is 0.224 bits per heavy atom. The van der Waals surface area contributed by atoms with E-state index in [0.717, 1.165) is 0 Å². The van der Waals surface area contributed by atoms with Gasteiger partial charge >= 0.3 is 0 Å². The Hall–Kier alpha value is 2.16. The van der Waals surface area contributed by atoms with Crippen LogP contribution in [0.2, 0.25) is 0 Å². The Morgan fingerprint density at radius 1 is 0.138 bits per heavy atom. The van der Waals surface area contributed by atoms with Crippen LogP contribution in [0, 0.1) is 0 Å². The molecule has 0 heterocycles. The fraction of sp³-hybridized carbons (Fsp3) is 1.00. The summed E-state index contributed by atoms with van der Waals surface area (Å²) in [5, 5.41) is 0. The van der Waals surface area contributed by atoms with Crippen LogP contribution in [0.15, 0.2) is 0 Å². The van der Waals surface area contributed by atoms with Gasteiger partial charge in [-0.1, -0.05) is 197 Å².